The van der Waals surface area contributed by atoms with Crippen molar-refractivity contribution in [1.29, 1.82) is 0 Å². The van der Waals surface area contributed by atoms with Gasteiger partial charge in [-0.25, -0.2) is 0 Å². The molecule has 3 aliphatic rings. The Kier molecular flexibility index (Phi) is 1.09. The van der Waals surface area contributed by atoms with Crippen LogP contribution in [-0.4, -0.2) is 18.5 Å². The quantitative estimate of drug-likeness (QED) is 0.485. The van der Waals surface area contributed by atoms with E-state index >= 15 is 0 Å². The zero-order valence-electron chi connectivity index (χ0n) is 5.25. The highest BCUT2D eigenvalue weighted by atomic mass is 16.5. The van der Waals surface area contributed by atoms with E-state index in [1.54, 1.807) is 0 Å². The summed E-state index contributed by atoms with van der Waals surface area (Å²) in [7, 11) is 0. The van der Waals surface area contributed by atoms with Crippen molar-refractivity contribution in [3.05, 3.63) is 0 Å². The summed E-state index contributed by atoms with van der Waals surface area (Å²) in [6.45, 7) is 0. The summed E-state index contributed by atoms with van der Waals surface area (Å²) in [5.74, 6) is 0.218. The lowest BCUT2D eigenvalue weighted by molar-refractivity contribution is -0.183. The van der Waals surface area contributed by atoms with Crippen LogP contribution in [0.25, 0.3) is 0 Å². The Labute approximate surface area is 54.2 Å². The van der Waals surface area contributed by atoms with Crippen molar-refractivity contribution in [2.75, 3.05) is 0 Å². The molecule has 2 nitrogen and oxygen atoms in total. The van der Waals surface area contributed by atoms with Crippen LogP contribution in [0.4, 0.5) is 0 Å². The van der Waals surface area contributed by atoms with Gasteiger partial charge in [-0.2, -0.15) is 0 Å². The summed E-state index contributed by atoms with van der Waals surface area (Å²) in [6, 6.07) is 0. The second-order valence-electron chi connectivity index (χ2n) is 2.91. The maximum absolute atomic E-state index is 10.3. The van der Waals surface area contributed by atoms with Gasteiger partial charge in [0.15, 0.2) is 0 Å². The van der Waals surface area contributed by atoms with Crippen molar-refractivity contribution in [2.24, 2.45) is 5.92 Å². The van der Waals surface area contributed by atoms with Gasteiger partial charge in [-0.15, -0.1) is 0 Å². The molecule has 50 valence electrons. The summed E-state index contributed by atoms with van der Waals surface area (Å²) in [6.07, 6.45) is 5.12. The number of aldehydes is 1. The van der Waals surface area contributed by atoms with E-state index in [2.05, 4.69) is 0 Å². The van der Waals surface area contributed by atoms with Gasteiger partial charge in [-0.05, 0) is 12.8 Å². The van der Waals surface area contributed by atoms with Crippen molar-refractivity contribution in [2.45, 2.75) is 31.5 Å². The van der Waals surface area contributed by atoms with Crippen LogP contribution in [0.2, 0.25) is 0 Å². The van der Waals surface area contributed by atoms with E-state index in [0.717, 1.165) is 25.5 Å². The Hall–Kier alpha value is -0.370. The lowest BCUT2D eigenvalue weighted by Crippen LogP contribution is -2.47. The highest BCUT2D eigenvalue weighted by molar-refractivity contribution is 5.55. The molecule has 1 saturated carbocycles. The molecule has 0 amide bonds. The van der Waals surface area contributed by atoms with Crippen molar-refractivity contribution >= 4 is 6.29 Å². The highest BCUT2D eigenvalue weighted by Crippen LogP contribution is 2.37. The molecule has 2 aliphatic heterocycles. The maximum Gasteiger partial charge on any atom is 0.125 e. The summed E-state index contributed by atoms with van der Waals surface area (Å²) >= 11 is 0. The predicted octanol–water partition coefficient (Wildman–Crippen LogP) is 0.753. The first-order chi connectivity index (χ1) is 4.40. The first-order valence-electron chi connectivity index (χ1n) is 3.51. The van der Waals surface area contributed by atoms with Gasteiger partial charge in [0, 0.05) is 12.3 Å². The third-order valence-corrected chi connectivity index (χ3v) is 2.34. The van der Waals surface area contributed by atoms with Gasteiger partial charge >= 0.3 is 0 Å². The van der Waals surface area contributed by atoms with Crippen LogP contribution < -0.4 is 0 Å². The van der Waals surface area contributed by atoms with Gasteiger partial charge in [0.1, 0.15) is 6.29 Å². The molecule has 0 aromatic heterocycles. The van der Waals surface area contributed by atoms with Crippen LogP contribution in [0.15, 0.2) is 0 Å². The van der Waals surface area contributed by atoms with E-state index in [4.69, 9.17) is 4.74 Å². The van der Waals surface area contributed by atoms with Crippen molar-refractivity contribution in [1.82, 2.24) is 0 Å². The van der Waals surface area contributed by atoms with E-state index in [9.17, 15) is 4.79 Å². The zero-order chi connectivity index (χ0) is 6.27. The average molecular weight is 126 g/mol. The molecular weight excluding hydrogens is 116 g/mol. The first-order valence-corrected chi connectivity index (χ1v) is 3.51. The SMILES string of the molecule is O=CC1CCC2CC1O2. The number of hydrogen-bond acceptors (Lipinski definition) is 2. The minimum Gasteiger partial charge on any atom is -0.374 e. The number of carbonyl (C=O) groups excluding carboxylic acids is 1. The Morgan fingerprint density at radius 1 is 1.44 bits per heavy atom. The smallest absolute Gasteiger partial charge is 0.125 e. The molecule has 3 fully saturated rings. The van der Waals surface area contributed by atoms with Crippen LogP contribution >= 0.6 is 0 Å². The molecule has 3 rings (SSSR count). The lowest BCUT2D eigenvalue weighted by atomic mass is 9.81. The topological polar surface area (TPSA) is 26.3 Å². The fourth-order valence-electron chi connectivity index (χ4n) is 1.68. The van der Waals surface area contributed by atoms with Gasteiger partial charge in [0.2, 0.25) is 0 Å². The Morgan fingerprint density at radius 2 is 2.22 bits per heavy atom. The Balaban J connectivity index is 2.01. The molecule has 2 bridgehead atoms. The third kappa shape index (κ3) is 0.697. The molecule has 2 heterocycles. The minimum atomic E-state index is 0.218. The monoisotopic (exact) mass is 126 g/mol. The summed E-state index contributed by atoms with van der Waals surface area (Å²) in [4.78, 5) is 10.3. The van der Waals surface area contributed by atoms with Crippen LogP contribution in [0, 0.1) is 5.92 Å². The summed E-state index contributed by atoms with van der Waals surface area (Å²) in [5, 5.41) is 0. The van der Waals surface area contributed by atoms with Crippen molar-refractivity contribution in [3.63, 3.8) is 0 Å². The standard InChI is InChI=1S/C7H10O2/c8-4-5-1-2-6-3-7(5)9-6/h4-7H,1-3H2. The fraction of sp³-hybridized carbons (Fsp3) is 0.857. The molecule has 0 spiro atoms. The van der Waals surface area contributed by atoms with E-state index in [-0.39, 0.29) is 5.92 Å². The Morgan fingerprint density at radius 3 is 2.56 bits per heavy atom. The normalized spacial score (nSPS) is 47.8. The number of rotatable bonds is 1. The molecule has 0 aromatic carbocycles. The predicted molar refractivity (Wildman–Crippen MR) is 32.1 cm³/mol. The molecule has 3 unspecified atom stereocenters. The minimum absolute atomic E-state index is 0.218. The average Bonchev–Trinajstić information content (AvgIpc) is 1.86. The zero-order valence-corrected chi connectivity index (χ0v) is 5.25. The van der Waals surface area contributed by atoms with Crippen LogP contribution in [0.1, 0.15) is 19.3 Å². The third-order valence-electron chi connectivity index (χ3n) is 2.34. The molecule has 0 radical (unpaired) electrons. The van der Waals surface area contributed by atoms with Gasteiger partial charge in [-0.3, -0.25) is 0 Å². The molecule has 0 aromatic rings. The van der Waals surface area contributed by atoms with E-state index in [0.29, 0.717) is 12.2 Å². The van der Waals surface area contributed by atoms with E-state index in [1.165, 1.54) is 0 Å². The molecule has 2 heteroatoms. The van der Waals surface area contributed by atoms with E-state index < -0.39 is 0 Å². The largest absolute Gasteiger partial charge is 0.374 e. The summed E-state index contributed by atoms with van der Waals surface area (Å²) in [5.41, 5.74) is 0. The van der Waals surface area contributed by atoms with E-state index in [1.807, 2.05) is 0 Å². The second-order valence-corrected chi connectivity index (χ2v) is 2.91. The van der Waals surface area contributed by atoms with Crippen LogP contribution in [0.3, 0.4) is 0 Å². The van der Waals surface area contributed by atoms with Crippen LogP contribution in [-0.2, 0) is 9.53 Å². The molecule has 3 atom stereocenters. The molecule has 0 N–H and O–H groups in total. The second kappa shape index (κ2) is 1.81. The molecular formula is C7H10O2. The molecule has 1 aliphatic carbocycles. The summed E-state index contributed by atoms with van der Waals surface area (Å²) < 4.78 is 5.35. The van der Waals surface area contributed by atoms with Gasteiger partial charge < -0.3 is 9.53 Å². The fourth-order valence-corrected chi connectivity index (χ4v) is 1.68. The highest BCUT2D eigenvalue weighted by Gasteiger charge is 2.40. The molecule has 2 saturated heterocycles. The van der Waals surface area contributed by atoms with Gasteiger partial charge in [0.25, 0.3) is 0 Å². The number of ether oxygens (including phenoxy) is 1. The number of fused-ring (bicyclic) bond motifs is 2. The number of carbonyl (C=O) groups is 1. The number of hydrogen-bond donors (Lipinski definition) is 0. The maximum atomic E-state index is 10.3. The Bertz CT molecular complexity index is 124. The molecule has 9 heavy (non-hydrogen) atoms. The van der Waals surface area contributed by atoms with Crippen molar-refractivity contribution < 1.29 is 9.53 Å². The lowest BCUT2D eigenvalue weighted by Gasteiger charge is -2.44. The van der Waals surface area contributed by atoms with Crippen LogP contribution in [0.5, 0.6) is 0 Å². The van der Waals surface area contributed by atoms with Gasteiger partial charge in [-0.1, -0.05) is 0 Å². The first kappa shape index (κ1) is 5.42. The van der Waals surface area contributed by atoms with Gasteiger partial charge in [0.05, 0.1) is 12.2 Å². The van der Waals surface area contributed by atoms with Crippen molar-refractivity contribution in [3.8, 4) is 0 Å².